The molecule has 1 aliphatic carbocycles. The Bertz CT molecular complexity index is 628. The fourth-order valence-electron chi connectivity index (χ4n) is 2.68. The number of hydrogen-bond donors (Lipinski definition) is 1. The summed E-state index contributed by atoms with van der Waals surface area (Å²) in [5.41, 5.74) is 1.22. The van der Waals surface area contributed by atoms with Crippen LogP contribution in [-0.2, 0) is 4.74 Å². The summed E-state index contributed by atoms with van der Waals surface area (Å²) in [7, 11) is 0. The largest absolute Gasteiger partial charge is 0.438 e. The van der Waals surface area contributed by atoms with Crippen LogP contribution in [0.25, 0.3) is 0 Å². The Kier molecular flexibility index (Phi) is 3.09. The fourth-order valence-corrected chi connectivity index (χ4v) is 2.68. The first-order chi connectivity index (χ1) is 10.3. The van der Waals surface area contributed by atoms with Crippen molar-refractivity contribution in [1.29, 1.82) is 0 Å². The minimum absolute atomic E-state index is 0.0880. The molecule has 0 amide bonds. The van der Waals surface area contributed by atoms with Crippen molar-refractivity contribution in [2.75, 3.05) is 13.1 Å². The Morgan fingerprint density at radius 2 is 2.19 bits per heavy atom. The summed E-state index contributed by atoms with van der Waals surface area (Å²) in [6.07, 6.45) is 4.03. The molecule has 2 aliphatic rings. The second kappa shape index (κ2) is 5.09. The zero-order chi connectivity index (χ0) is 14.1. The van der Waals surface area contributed by atoms with E-state index in [1.165, 1.54) is 0 Å². The fraction of sp³-hybridized carbons (Fsp3) is 0.375. The summed E-state index contributed by atoms with van der Waals surface area (Å²) in [5.74, 6) is 1.25. The molecule has 1 aromatic heterocycles. The first kappa shape index (κ1) is 12.7. The number of rotatable bonds is 3. The Hall–Kier alpha value is -1.98. The lowest BCUT2D eigenvalue weighted by Gasteiger charge is -2.31. The zero-order valence-electron chi connectivity index (χ0n) is 11.7. The molecule has 1 N–H and O–H groups in total. The number of hydrogen-bond acceptors (Lipinski definition) is 5. The highest BCUT2D eigenvalue weighted by Crippen LogP contribution is 2.44. The van der Waals surface area contributed by atoms with Crippen LogP contribution in [0.15, 0.2) is 42.6 Å². The molecule has 4 rings (SSSR count). The molecule has 5 nitrogen and oxygen atoms in total. The van der Waals surface area contributed by atoms with Crippen molar-refractivity contribution >= 4 is 0 Å². The highest BCUT2D eigenvalue weighted by atomic mass is 16.5. The maximum absolute atomic E-state index is 6.23. The number of nitrogens with one attached hydrogen (secondary N) is 1. The molecule has 2 fully saturated rings. The molecule has 5 heteroatoms. The molecule has 0 bridgehead atoms. The van der Waals surface area contributed by atoms with Crippen molar-refractivity contribution < 1.29 is 9.47 Å². The van der Waals surface area contributed by atoms with Gasteiger partial charge in [0, 0.05) is 25.4 Å². The van der Waals surface area contributed by atoms with Gasteiger partial charge in [-0.25, -0.2) is 0 Å². The summed E-state index contributed by atoms with van der Waals surface area (Å²) in [5, 5.41) is 11.2. The van der Waals surface area contributed by atoms with Crippen molar-refractivity contribution in [3.05, 3.63) is 48.2 Å². The molecule has 2 heterocycles. The summed E-state index contributed by atoms with van der Waals surface area (Å²) in [6.45, 7) is 1.82. The summed E-state index contributed by atoms with van der Waals surface area (Å²) >= 11 is 0. The third-order valence-electron chi connectivity index (χ3n) is 3.98. The topological polar surface area (TPSA) is 56.3 Å². The van der Waals surface area contributed by atoms with E-state index in [4.69, 9.17) is 9.47 Å². The van der Waals surface area contributed by atoms with Gasteiger partial charge in [0.1, 0.15) is 5.75 Å². The second-order valence-corrected chi connectivity index (χ2v) is 5.66. The maximum atomic E-state index is 6.23. The van der Waals surface area contributed by atoms with Crippen LogP contribution < -0.4 is 10.1 Å². The summed E-state index contributed by atoms with van der Waals surface area (Å²) in [4.78, 5) is 0. The van der Waals surface area contributed by atoms with Crippen molar-refractivity contribution in [2.45, 2.75) is 24.5 Å². The van der Waals surface area contributed by atoms with Gasteiger partial charge in [-0.15, -0.1) is 5.10 Å². The van der Waals surface area contributed by atoms with Gasteiger partial charge in [-0.05, 0) is 36.6 Å². The molecule has 1 aromatic carbocycles. The van der Waals surface area contributed by atoms with Crippen molar-refractivity contribution in [3.8, 4) is 11.6 Å². The molecular weight excluding hydrogens is 266 g/mol. The molecule has 21 heavy (non-hydrogen) atoms. The quantitative estimate of drug-likeness (QED) is 0.937. The minimum Gasteiger partial charge on any atom is -0.438 e. The molecule has 2 aromatic rings. The molecule has 1 saturated heterocycles. The van der Waals surface area contributed by atoms with E-state index in [0.29, 0.717) is 5.88 Å². The molecular formula is C16H17N3O2. The summed E-state index contributed by atoms with van der Waals surface area (Å²) in [6, 6.07) is 11.6. The zero-order valence-corrected chi connectivity index (χ0v) is 11.7. The van der Waals surface area contributed by atoms with Gasteiger partial charge in [0.25, 0.3) is 0 Å². The molecule has 0 unspecified atom stereocenters. The van der Waals surface area contributed by atoms with Gasteiger partial charge in [-0.2, -0.15) is 5.10 Å². The minimum atomic E-state index is 0.0880. The van der Waals surface area contributed by atoms with Gasteiger partial charge >= 0.3 is 0 Å². The highest BCUT2D eigenvalue weighted by molar-refractivity contribution is 5.33. The predicted octanol–water partition coefficient (Wildman–Crippen LogP) is 2.46. The van der Waals surface area contributed by atoms with E-state index < -0.39 is 0 Å². The van der Waals surface area contributed by atoms with Crippen LogP contribution in [-0.4, -0.2) is 28.9 Å². The lowest BCUT2D eigenvalue weighted by molar-refractivity contribution is -0.0564. The molecule has 108 valence electrons. The average Bonchev–Trinajstić information content (AvgIpc) is 3.27. The third-order valence-corrected chi connectivity index (χ3v) is 3.98. The van der Waals surface area contributed by atoms with Gasteiger partial charge in [-0.3, -0.25) is 0 Å². The average molecular weight is 283 g/mol. The lowest BCUT2D eigenvalue weighted by atomic mass is 10.1. The molecule has 0 radical (unpaired) electrons. The van der Waals surface area contributed by atoms with E-state index in [2.05, 4.69) is 21.6 Å². The number of benzene rings is 1. The third kappa shape index (κ3) is 2.75. The number of nitrogens with zero attached hydrogens (tertiary/aromatic N) is 2. The monoisotopic (exact) mass is 283 g/mol. The van der Waals surface area contributed by atoms with Gasteiger partial charge in [0.05, 0.1) is 11.7 Å². The van der Waals surface area contributed by atoms with Crippen LogP contribution in [0.2, 0.25) is 0 Å². The highest BCUT2D eigenvalue weighted by Gasteiger charge is 2.47. The van der Waals surface area contributed by atoms with Gasteiger partial charge in [0.15, 0.2) is 0 Å². The van der Waals surface area contributed by atoms with E-state index in [-0.39, 0.29) is 11.7 Å². The Morgan fingerprint density at radius 1 is 1.24 bits per heavy atom. The van der Waals surface area contributed by atoms with Crippen LogP contribution in [0.4, 0.5) is 0 Å². The van der Waals surface area contributed by atoms with E-state index in [1.54, 1.807) is 18.3 Å². The Morgan fingerprint density at radius 3 is 3.00 bits per heavy atom. The van der Waals surface area contributed by atoms with Crippen LogP contribution in [0.5, 0.6) is 11.6 Å². The van der Waals surface area contributed by atoms with Crippen LogP contribution in [0.1, 0.15) is 24.5 Å². The first-order valence-electron chi connectivity index (χ1n) is 7.27. The standard InChI is InChI=1S/C16H17N3O2/c1-3-12(14-10-17-11-16(21-14)6-7-16)9-13(4-1)20-15-5-2-8-18-19-15/h1-5,8-9,14,17H,6-7,10-11H2/t14-/m0/s1. The van der Waals surface area contributed by atoms with Crippen LogP contribution in [0, 0.1) is 0 Å². The van der Waals surface area contributed by atoms with E-state index in [0.717, 1.165) is 37.2 Å². The first-order valence-corrected chi connectivity index (χ1v) is 7.27. The smallest absolute Gasteiger partial charge is 0.238 e. The van der Waals surface area contributed by atoms with Crippen molar-refractivity contribution in [3.63, 3.8) is 0 Å². The Balaban J connectivity index is 1.52. The van der Waals surface area contributed by atoms with Gasteiger partial charge in [-0.1, -0.05) is 12.1 Å². The predicted molar refractivity (Wildman–Crippen MR) is 77.2 cm³/mol. The summed E-state index contributed by atoms with van der Waals surface area (Å²) < 4.78 is 12.0. The second-order valence-electron chi connectivity index (χ2n) is 5.66. The Labute approximate surface area is 123 Å². The molecule has 1 spiro atoms. The number of ether oxygens (including phenoxy) is 2. The van der Waals surface area contributed by atoms with E-state index >= 15 is 0 Å². The molecule has 1 saturated carbocycles. The SMILES string of the molecule is c1cc(Oc2cccnn2)cc([C@@H]2CNCC3(CC3)O2)c1. The van der Waals surface area contributed by atoms with E-state index in [1.807, 2.05) is 18.2 Å². The van der Waals surface area contributed by atoms with Crippen LogP contribution in [0.3, 0.4) is 0 Å². The molecule has 1 aliphatic heterocycles. The van der Waals surface area contributed by atoms with Crippen molar-refractivity contribution in [1.82, 2.24) is 15.5 Å². The number of morpholine rings is 1. The van der Waals surface area contributed by atoms with Gasteiger partial charge in [0.2, 0.25) is 5.88 Å². The van der Waals surface area contributed by atoms with E-state index in [9.17, 15) is 0 Å². The normalized spacial score (nSPS) is 23.0. The lowest BCUT2D eigenvalue weighted by Crippen LogP contribution is -2.42. The number of aromatic nitrogens is 2. The molecule has 1 atom stereocenters. The van der Waals surface area contributed by atoms with Crippen molar-refractivity contribution in [2.24, 2.45) is 0 Å². The van der Waals surface area contributed by atoms with Gasteiger partial charge < -0.3 is 14.8 Å². The van der Waals surface area contributed by atoms with Crippen LogP contribution >= 0.6 is 0 Å². The maximum Gasteiger partial charge on any atom is 0.238 e.